The first kappa shape index (κ1) is 24.0. The fourth-order valence-electron chi connectivity index (χ4n) is 5.00. The Bertz CT molecular complexity index is 993. The molecule has 1 unspecified atom stereocenters. The zero-order valence-electron chi connectivity index (χ0n) is 19.4. The van der Waals surface area contributed by atoms with Crippen molar-refractivity contribution < 1.29 is 17.6 Å². The van der Waals surface area contributed by atoms with Gasteiger partial charge in [0.15, 0.2) is 0 Å². The Balaban J connectivity index is 1.40. The van der Waals surface area contributed by atoms with E-state index >= 15 is 0 Å². The van der Waals surface area contributed by atoms with Crippen LogP contribution in [0.25, 0.3) is 0 Å². The summed E-state index contributed by atoms with van der Waals surface area (Å²) in [6.07, 6.45) is 10.3. The molecule has 1 aliphatic carbocycles. The number of rotatable bonds is 8. The minimum Gasteiger partial charge on any atom is -0.468 e. The zero-order chi connectivity index (χ0) is 23.3. The van der Waals surface area contributed by atoms with Crippen LogP contribution in [0.15, 0.2) is 52.0 Å². The van der Waals surface area contributed by atoms with Crippen LogP contribution in [-0.2, 0) is 10.0 Å². The van der Waals surface area contributed by atoms with E-state index in [0.717, 1.165) is 57.4 Å². The first-order chi connectivity index (χ1) is 16.0. The van der Waals surface area contributed by atoms with Gasteiger partial charge in [0, 0.05) is 25.2 Å². The summed E-state index contributed by atoms with van der Waals surface area (Å²) in [4.78, 5) is 15.4. The number of likely N-dealkylation sites (tertiary alicyclic amines) is 1. The minimum atomic E-state index is -3.57. The summed E-state index contributed by atoms with van der Waals surface area (Å²) in [5, 5.41) is 3.02. The predicted octanol–water partition coefficient (Wildman–Crippen LogP) is 4.19. The quantitative estimate of drug-likeness (QED) is 0.622. The third kappa shape index (κ3) is 5.67. The number of benzene rings is 1. The fraction of sp³-hybridized carbons (Fsp3) is 0.560. The molecule has 1 aromatic carbocycles. The Morgan fingerprint density at radius 3 is 2.36 bits per heavy atom. The van der Waals surface area contributed by atoms with E-state index in [1.165, 1.54) is 29.3 Å². The molecule has 2 aliphatic rings. The van der Waals surface area contributed by atoms with Crippen molar-refractivity contribution in [2.75, 3.05) is 26.7 Å². The molecule has 7 nitrogen and oxygen atoms in total. The summed E-state index contributed by atoms with van der Waals surface area (Å²) >= 11 is 0. The molecule has 1 aliphatic heterocycles. The molecule has 2 heterocycles. The average molecular weight is 474 g/mol. The highest BCUT2D eigenvalue weighted by Crippen LogP contribution is 2.27. The normalized spacial score (nSPS) is 19.5. The van der Waals surface area contributed by atoms with E-state index in [9.17, 15) is 13.2 Å². The van der Waals surface area contributed by atoms with Crippen LogP contribution in [0.1, 0.15) is 73.5 Å². The smallest absolute Gasteiger partial charge is 0.251 e. The van der Waals surface area contributed by atoms with Crippen molar-refractivity contribution in [3.8, 4) is 0 Å². The summed E-state index contributed by atoms with van der Waals surface area (Å²) in [6.45, 7) is 2.42. The lowest BCUT2D eigenvalue weighted by atomic mass is 9.96. The van der Waals surface area contributed by atoms with Gasteiger partial charge in [-0.25, -0.2) is 8.42 Å². The first-order valence-electron chi connectivity index (χ1n) is 12.1. The van der Waals surface area contributed by atoms with Crippen LogP contribution in [0.5, 0.6) is 0 Å². The highest BCUT2D eigenvalue weighted by Gasteiger charge is 2.29. The van der Waals surface area contributed by atoms with Crippen LogP contribution in [0.3, 0.4) is 0 Å². The number of furan rings is 1. The third-order valence-corrected chi connectivity index (χ3v) is 8.97. The SMILES string of the molecule is CN(C1CCCCC1)S(=O)(=O)c1ccc(C(=O)NCC(c2ccco2)N2CCCCC2)cc1. The van der Waals surface area contributed by atoms with E-state index in [4.69, 9.17) is 4.42 Å². The molecule has 1 saturated heterocycles. The van der Waals surface area contributed by atoms with Gasteiger partial charge in [0.1, 0.15) is 5.76 Å². The molecular weight excluding hydrogens is 438 g/mol. The van der Waals surface area contributed by atoms with E-state index in [1.807, 2.05) is 12.1 Å². The second kappa shape index (κ2) is 10.8. The van der Waals surface area contributed by atoms with Crippen molar-refractivity contribution in [2.45, 2.75) is 68.3 Å². The van der Waals surface area contributed by atoms with Crippen LogP contribution >= 0.6 is 0 Å². The average Bonchev–Trinajstić information content (AvgIpc) is 3.39. The molecule has 2 fully saturated rings. The van der Waals surface area contributed by atoms with Gasteiger partial charge in [0.05, 0.1) is 17.2 Å². The number of nitrogens with zero attached hydrogens (tertiary/aromatic N) is 2. The topological polar surface area (TPSA) is 82.9 Å². The van der Waals surface area contributed by atoms with Gasteiger partial charge in [-0.15, -0.1) is 0 Å². The summed E-state index contributed by atoms with van der Waals surface area (Å²) in [5.41, 5.74) is 0.450. The standard InChI is InChI=1S/C25H35N3O4S/c1-27(21-9-4-2-5-10-21)33(30,31)22-14-12-20(13-15-22)25(29)26-19-23(24-11-8-18-32-24)28-16-6-3-7-17-28/h8,11-15,18,21,23H,2-7,9-10,16-17,19H2,1H3,(H,26,29). The van der Waals surface area contributed by atoms with E-state index in [2.05, 4.69) is 10.2 Å². The summed E-state index contributed by atoms with van der Waals surface area (Å²) < 4.78 is 33.2. The highest BCUT2D eigenvalue weighted by molar-refractivity contribution is 7.89. The number of carbonyl (C=O) groups excluding carboxylic acids is 1. The van der Waals surface area contributed by atoms with Gasteiger partial charge in [-0.3, -0.25) is 9.69 Å². The second-order valence-electron chi connectivity index (χ2n) is 9.18. The molecule has 1 aromatic heterocycles. The van der Waals surface area contributed by atoms with Crippen LogP contribution in [0.4, 0.5) is 0 Å². The van der Waals surface area contributed by atoms with Gasteiger partial charge in [-0.05, 0) is 75.2 Å². The van der Waals surface area contributed by atoms with Gasteiger partial charge in [0.2, 0.25) is 10.0 Å². The van der Waals surface area contributed by atoms with E-state index in [-0.39, 0.29) is 22.9 Å². The molecule has 4 rings (SSSR count). The third-order valence-electron chi connectivity index (χ3n) is 7.04. The number of sulfonamides is 1. The Kier molecular flexibility index (Phi) is 7.88. The maximum Gasteiger partial charge on any atom is 0.251 e. The Hall–Kier alpha value is -2.16. The first-order valence-corrected chi connectivity index (χ1v) is 13.5. The molecular formula is C25H35N3O4S. The summed E-state index contributed by atoms with van der Waals surface area (Å²) in [7, 11) is -1.90. The molecule has 1 atom stereocenters. The molecule has 0 radical (unpaired) electrons. The predicted molar refractivity (Wildman–Crippen MR) is 127 cm³/mol. The Labute approximate surface area is 197 Å². The zero-order valence-corrected chi connectivity index (χ0v) is 20.2. The number of amides is 1. The van der Waals surface area contributed by atoms with Crippen molar-refractivity contribution in [3.63, 3.8) is 0 Å². The van der Waals surface area contributed by atoms with Crippen molar-refractivity contribution >= 4 is 15.9 Å². The number of piperidine rings is 1. The summed E-state index contributed by atoms with van der Waals surface area (Å²) in [6, 6.07) is 10.1. The number of hydrogen-bond donors (Lipinski definition) is 1. The number of nitrogens with one attached hydrogen (secondary N) is 1. The monoisotopic (exact) mass is 473 g/mol. The van der Waals surface area contributed by atoms with E-state index in [0.29, 0.717) is 12.1 Å². The molecule has 0 bridgehead atoms. The molecule has 2 aromatic rings. The van der Waals surface area contributed by atoms with Gasteiger partial charge < -0.3 is 9.73 Å². The van der Waals surface area contributed by atoms with Crippen LogP contribution in [0, 0.1) is 0 Å². The van der Waals surface area contributed by atoms with Crippen LogP contribution in [-0.4, -0.2) is 56.3 Å². The largest absolute Gasteiger partial charge is 0.468 e. The minimum absolute atomic E-state index is 0.00644. The van der Waals surface area contributed by atoms with E-state index in [1.54, 1.807) is 25.4 Å². The lowest BCUT2D eigenvalue weighted by Gasteiger charge is -2.33. The van der Waals surface area contributed by atoms with Gasteiger partial charge in [0.25, 0.3) is 5.91 Å². The number of hydrogen-bond acceptors (Lipinski definition) is 5. The van der Waals surface area contributed by atoms with Crippen LogP contribution < -0.4 is 5.32 Å². The lowest BCUT2D eigenvalue weighted by Crippen LogP contribution is -2.40. The molecule has 180 valence electrons. The van der Waals surface area contributed by atoms with Crippen molar-refractivity contribution in [2.24, 2.45) is 0 Å². The maximum absolute atomic E-state index is 13.0. The second-order valence-corrected chi connectivity index (χ2v) is 11.2. The fourth-order valence-corrected chi connectivity index (χ4v) is 6.41. The van der Waals surface area contributed by atoms with Crippen LogP contribution in [0.2, 0.25) is 0 Å². The number of carbonyl (C=O) groups is 1. The van der Waals surface area contributed by atoms with Crippen molar-refractivity contribution in [1.82, 2.24) is 14.5 Å². The lowest BCUT2D eigenvalue weighted by molar-refractivity contribution is 0.0914. The molecule has 1 amide bonds. The summed E-state index contributed by atoms with van der Waals surface area (Å²) in [5.74, 6) is 0.637. The Morgan fingerprint density at radius 1 is 1.06 bits per heavy atom. The molecule has 1 saturated carbocycles. The van der Waals surface area contributed by atoms with Gasteiger partial charge >= 0.3 is 0 Å². The highest BCUT2D eigenvalue weighted by atomic mass is 32.2. The maximum atomic E-state index is 13.0. The molecule has 8 heteroatoms. The molecule has 1 N–H and O–H groups in total. The van der Waals surface area contributed by atoms with Gasteiger partial charge in [-0.1, -0.05) is 25.7 Å². The van der Waals surface area contributed by atoms with Crippen molar-refractivity contribution in [3.05, 3.63) is 54.0 Å². The van der Waals surface area contributed by atoms with Gasteiger partial charge in [-0.2, -0.15) is 4.31 Å². The molecule has 33 heavy (non-hydrogen) atoms. The van der Waals surface area contributed by atoms with Crippen molar-refractivity contribution in [1.29, 1.82) is 0 Å². The van der Waals surface area contributed by atoms with E-state index < -0.39 is 10.0 Å². The Morgan fingerprint density at radius 2 is 1.73 bits per heavy atom. The molecule has 0 spiro atoms.